The predicted molar refractivity (Wildman–Crippen MR) is 131 cm³/mol. The molecular weight excluding hydrogens is 460 g/mol. The summed E-state index contributed by atoms with van der Waals surface area (Å²) in [7, 11) is 0. The van der Waals surface area contributed by atoms with Crippen molar-refractivity contribution in [1.82, 2.24) is 34.6 Å². The van der Waals surface area contributed by atoms with E-state index in [-0.39, 0.29) is 11.2 Å². The summed E-state index contributed by atoms with van der Waals surface area (Å²) in [4.78, 5) is 22.6. The number of thiophene rings is 1. The van der Waals surface area contributed by atoms with E-state index in [9.17, 15) is 0 Å². The molecule has 10 nitrogen and oxygen atoms in total. The molecule has 1 saturated heterocycles. The first-order valence-corrected chi connectivity index (χ1v) is 12.2. The highest BCUT2D eigenvalue weighted by Crippen LogP contribution is 2.31. The largest absolute Gasteiger partial charge is 0.368 e. The van der Waals surface area contributed by atoms with Gasteiger partial charge in [0, 0.05) is 32.2 Å². The number of rotatable bonds is 5. The maximum absolute atomic E-state index is 6.16. The number of nitrogen functional groups attached to an aromatic ring is 1. The summed E-state index contributed by atoms with van der Waals surface area (Å²) >= 11 is 7.67. The summed E-state index contributed by atoms with van der Waals surface area (Å²) in [6.07, 6.45) is 4.51. The van der Waals surface area contributed by atoms with Crippen molar-refractivity contribution in [2.24, 2.45) is 0 Å². The SMILES string of the molecule is Cc1csc2c(-n3nc(Nc4ccc(N5CCN(C6CC6)CC5)nc4)nc3N)nc(Cl)nc12. The van der Waals surface area contributed by atoms with Gasteiger partial charge in [-0.3, -0.25) is 4.90 Å². The van der Waals surface area contributed by atoms with Gasteiger partial charge in [-0.05, 0) is 54.4 Å². The van der Waals surface area contributed by atoms with Crippen molar-refractivity contribution in [2.75, 3.05) is 42.1 Å². The number of hydrogen-bond donors (Lipinski definition) is 2. The first kappa shape index (κ1) is 20.6. The molecule has 0 bridgehead atoms. The number of pyridine rings is 1. The van der Waals surface area contributed by atoms with Crippen molar-refractivity contribution in [3.63, 3.8) is 0 Å². The zero-order valence-corrected chi connectivity index (χ0v) is 19.6. The van der Waals surface area contributed by atoms with Crippen LogP contribution in [-0.2, 0) is 0 Å². The smallest absolute Gasteiger partial charge is 0.248 e. The number of anilines is 4. The summed E-state index contributed by atoms with van der Waals surface area (Å²) in [6, 6.07) is 4.83. The molecule has 33 heavy (non-hydrogen) atoms. The van der Waals surface area contributed by atoms with E-state index in [2.05, 4.69) is 40.2 Å². The van der Waals surface area contributed by atoms with E-state index >= 15 is 0 Å². The Bertz CT molecular complexity index is 1300. The van der Waals surface area contributed by atoms with Crippen LogP contribution < -0.4 is 16.0 Å². The van der Waals surface area contributed by atoms with Crippen LogP contribution in [0, 0.1) is 6.92 Å². The number of nitrogens with one attached hydrogen (secondary N) is 1. The van der Waals surface area contributed by atoms with Gasteiger partial charge in [-0.2, -0.15) is 14.6 Å². The van der Waals surface area contributed by atoms with Gasteiger partial charge in [0.2, 0.25) is 17.2 Å². The fourth-order valence-corrected chi connectivity index (χ4v) is 5.33. The van der Waals surface area contributed by atoms with Gasteiger partial charge in [0.1, 0.15) is 5.82 Å². The lowest BCUT2D eigenvalue weighted by molar-refractivity contribution is 0.247. The summed E-state index contributed by atoms with van der Waals surface area (Å²) in [5, 5.41) is 9.82. The van der Waals surface area contributed by atoms with Crippen molar-refractivity contribution in [2.45, 2.75) is 25.8 Å². The Hall–Kier alpha value is -3.02. The number of nitrogens with zero attached hydrogens (tertiary/aromatic N) is 8. The molecule has 3 N–H and O–H groups in total. The summed E-state index contributed by atoms with van der Waals surface area (Å²) in [5.74, 6) is 2.06. The van der Waals surface area contributed by atoms with Gasteiger partial charge < -0.3 is 16.0 Å². The zero-order chi connectivity index (χ0) is 22.5. The molecule has 0 atom stereocenters. The maximum Gasteiger partial charge on any atom is 0.248 e. The number of aromatic nitrogens is 6. The zero-order valence-electron chi connectivity index (χ0n) is 18.1. The van der Waals surface area contributed by atoms with E-state index in [0.717, 1.165) is 59.5 Å². The molecule has 6 rings (SSSR count). The number of aryl methyl sites for hydroxylation is 1. The topological polar surface area (TPSA) is 114 Å². The van der Waals surface area contributed by atoms with Gasteiger partial charge in [-0.15, -0.1) is 16.4 Å². The standard InChI is InChI=1S/C21H23ClN10S/c1-12-11-33-17-16(12)26-19(22)27-18(17)32-20(23)28-21(29-32)25-13-2-5-15(24-10-13)31-8-6-30(7-9-31)14-3-4-14/h2,5,10-11,14H,3-4,6-9H2,1H3,(H3,23,25,28,29). The highest BCUT2D eigenvalue weighted by Gasteiger charge is 2.31. The molecule has 5 heterocycles. The quantitative estimate of drug-likeness (QED) is 0.413. The molecule has 0 spiro atoms. The van der Waals surface area contributed by atoms with Gasteiger partial charge >= 0.3 is 0 Å². The lowest BCUT2D eigenvalue weighted by Crippen LogP contribution is -2.47. The number of halogens is 1. The molecule has 0 radical (unpaired) electrons. The molecule has 4 aromatic heterocycles. The van der Waals surface area contributed by atoms with Crippen LogP contribution in [0.25, 0.3) is 16.0 Å². The van der Waals surface area contributed by atoms with Crippen molar-refractivity contribution < 1.29 is 0 Å². The lowest BCUT2D eigenvalue weighted by atomic mass is 10.3. The van der Waals surface area contributed by atoms with E-state index < -0.39 is 0 Å². The molecule has 12 heteroatoms. The Morgan fingerprint density at radius 3 is 2.67 bits per heavy atom. The minimum absolute atomic E-state index is 0.140. The Kier molecular flexibility index (Phi) is 5.04. The molecule has 1 aliphatic carbocycles. The minimum atomic E-state index is 0.140. The summed E-state index contributed by atoms with van der Waals surface area (Å²) in [5.41, 5.74) is 8.76. The maximum atomic E-state index is 6.16. The molecule has 170 valence electrons. The number of fused-ring (bicyclic) bond motifs is 1. The van der Waals surface area contributed by atoms with E-state index in [1.54, 1.807) is 6.20 Å². The molecule has 0 unspecified atom stereocenters. The highest BCUT2D eigenvalue weighted by molar-refractivity contribution is 7.17. The van der Waals surface area contributed by atoms with Gasteiger partial charge in [0.05, 0.1) is 22.1 Å². The third-order valence-corrected chi connectivity index (χ3v) is 7.34. The van der Waals surface area contributed by atoms with Gasteiger partial charge in [0.15, 0.2) is 5.82 Å². The minimum Gasteiger partial charge on any atom is -0.368 e. The van der Waals surface area contributed by atoms with Gasteiger partial charge in [-0.25, -0.2) is 9.97 Å². The molecular formula is C21H23ClN10S. The molecule has 0 aromatic carbocycles. The Morgan fingerprint density at radius 1 is 1.12 bits per heavy atom. The average molecular weight is 483 g/mol. The number of nitrogens with two attached hydrogens (primary N) is 1. The van der Waals surface area contributed by atoms with Crippen LogP contribution in [0.2, 0.25) is 5.28 Å². The third-order valence-electron chi connectivity index (χ3n) is 6.09. The predicted octanol–water partition coefficient (Wildman–Crippen LogP) is 3.24. The number of piperazine rings is 1. The van der Waals surface area contributed by atoms with Crippen LogP contribution in [0.1, 0.15) is 18.4 Å². The van der Waals surface area contributed by atoms with Crippen molar-refractivity contribution >= 4 is 56.6 Å². The second-order valence-corrected chi connectivity index (χ2v) is 9.62. The van der Waals surface area contributed by atoms with Crippen molar-refractivity contribution in [3.8, 4) is 5.82 Å². The average Bonchev–Trinajstić information content (AvgIpc) is 3.52. The van der Waals surface area contributed by atoms with Crippen LogP contribution in [0.3, 0.4) is 0 Å². The molecule has 0 amide bonds. The first-order valence-electron chi connectivity index (χ1n) is 10.9. The molecule has 2 fully saturated rings. The van der Waals surface area contributed by atoms with E-state index in [0.29, 0.717) is 11.8 Å². The van der Waals surface area contributed by atoms with Gasteiger partial charge in [-0.1, -0.05) is 0 Å². The van der Waals surface area contributed by atoms with E-state index in [1.165, 1.54) is 28.9 Å². The lowest BCUT2D eigenvalue weighted by Gasteiger charge is -2.35. The summed E-state index contributed by atoms with van der Waals surface area (Å²) in [6.45, 7) is 6.22. The monoisotopic (exact) mass is 482 g/mol. The molecule has 4 aromatic rings. The normalized spacial score (nSPS) is 17.1. The Morgan fingerprint density at radius 2 is 1.94 bits per heavy atom. The van der Waals surface area contributed by atoms with Crippen LogP contribution in [0.15, 0.2) is 23.7 Å². The first-order chi connectivity index (χ1) is 16.0. The molecule has 1 saturated carbocycles. The van der Waals surface area contributed by atoms with E-state index in [4.69, 9.17) is 17.3 Å². The van der Waals surface area contributed by atoms with Crippen LogP contribution >= 0.6 is 22.9 Å². The highest BCUT2D eigenvalue weighted by atomic mass is 35.5. The van der Waals surface area contributed by atoms with Crippen LogP contribution in [0.4, 0.5) is 23.4 Å². The Balaban J connectivity index is 1.19. The fraction of sp³-hybridized carbons (Fsp3) is 0.381. The van der Waals surface area contributed by atoms with Crippen LogP contribution in [0.5, 0.6) is 0 Å². The second kappa shape index (κ2) is 8.08. The molecule has 2 aliphatic rings. The van der Waals surface area contributed by atoms with Crippen molar-refractivity contribution in [3.05, 3.63) is 34.6 Å². The van der Waals surface area contributed by atoms with Gasteiger partial charge in [0.25, 0.3) is 0 Å². The summed E-state index contributed by atoms with van der Waals surface area (Å²) < 4.78 is 2.34. The third kappa shape index (κ3) is 3.96. The van der Waals surface area contributed by atoms with Crippen molar-refractivity contribution in [1.29, 1.82) is 0 Å². The molecule has 1 aliphatic heterocycles. The fourth-order valence-electron chi connectivity index (χ4n) is 4.20. The Labute approximate surface area is 199 Å². The van der Waals surface area contributed by atoms with Crippen LogP contribution in [-0.4, -0.2) is 66.8 Å². The number of hydrogen-bond acceptors (Lipinski definition) is 10. The van der Waals surface area contributed by atoms with E-state index in [1.807, 2.05) is 24.4 Å². The second-order valence-electron chi connectivity index (χ2n) is 8.40.